The number of pyridine rings is 1. The lowest BCUT2D eigenvalue weighted by atomic mass is 10.1. The minimum atomic E-state index is -0.778. The Bertz CT molecular complexity index is 402. The lowest BCUT2D eigenvalue weighted by molar-refractivity contribution is -0.140. The van der Waals surface area contributed by atoms with E-state index in [0.29, 0.717) is 6.54 Å². The topological polar surface area (TPSA) is 56.7 Å². The lowest BCUT2D eigenvalue weighted by Crippen LogP contribution is -2.28. The summed E-state index contributed by atoms with van der Waals surface area (Å²) >= 11 is 0. The van der Waals surface area contributed by atoms with Crippen molar-refractivity contribution >= 4 is 17.5 Å². The first-order valence-corrected chi connectivity index (χ1v) is 6.64. The molecule has 1 aromatic heterocycles. The average molecular weight is 265 g/mol. The van der Waals surface area contributed by atoms with Crippen LogP contribution in [0, 0.1) is 5.92 Å². The molecule has 0 saturated heterocycles. The van der Waals surface area contributed by atoms with Crippen LogP contribution < -0.4 is 9.80 Å². The summed E-state index contributed by atoms with van der Waals surface area (Å²) in [5.74, 6) is -0.222. The van der Waals surface area contributed by atoms with Gasteiger partial charge in [-0.05, 0) is 26.0 Å². The van der Waals surface area contributed by atoms with E-state index in [4.69, 9.17) is 5.11 Å². The molecular weight excluding hydrogens is 242 g/mol. The van der Waals surface area contributed by atoms with Crippen molar-refractivity contribution in [3.63, 3.8) is 0 Å². The predicted octanol–water partition coefficient (Wildman–Crippen LogP) is 2.08. The van der Waals surface area contributed by atoms with E-state index in [2.05, 4.69) is 23.7 Å². The molecule has 0 spiro atoms. The molecule has 19 heavy (non-hydrogen) atoms. The summed E-state index contributed by atoms with van der Waals surface area (Å²) in [6.45, 7) is 8.22. The second-order valence-electron chi connectivity index (χ2n) is 4.67. The number of nitrogens with zero attached hydrogens (tertiary/aromatic N) is 3. The van der Waals surface area contributed by atoms with Gasteiger partial charge in [-0.25, -0.2) is 4.98 Å². The molecule has 5 nitrogen and oxygen atoms in total. The molecule has 0 aliphatic heterocycles. The molecule has 1 rings (SSSR count). The van der Waals surface area contributed by atoms with Crippen LogP contribution in [-0.2, 0) is 4.79 Å². The van der Waals surface area contributed by atoms with Crippen LogP contribution in [0.3, 0.4) is 0 Å². The zero-order valence-electron chi connectivity index (χ0n) is 12.1. The molecule has 0 aromatic carbocycles. The summed E-state index contributed by atoms with van der Waals surface area (Å²) in [6.07, 6.45) is 1.79. The Kier molecular flexibility index (Phi) is 5.60. The standard InChI is InChI=1S/C14H23N3O2/c1-5-17(6-2)13-8-7-12(9-15-13)16(4)10-11(3)14(18)19/h7-9,11H,5-6,10H2,1-4H3,(H,18,19). The van der Waals surface area contributed by atoms with Crippen LogP contribution in [0.15, 0.2) is 18.3 Å². The maximum Gasteiger partial charge on any atom is 0.308 e. The summed E-state index contributed by atoms with van der Waals surface area (Å²) in [5, 5.41) is 8.91. The van der Waals surface area contributed by atoms with Crippen LogP contribution >= 0.6 is 0 Å². The highest BCUT2D eigenvalue weighted by Crippen LogP contribution is 2.17. The quantitative estimate of drug-likeness (QED) is 0.818. The highest BCUT2D eigenvalue weighted by atomic mass is 16.4. The number of carboxylic acids is 1. The summed E-state index contributed by atoms with van der Waals surface area (Å²) in [5.41, 5.74) is 0.934. The second-order valence-corrected chi connectivity index (χ2v) is 4.67. The van der Waals surface area contributed by atoms with E-state index in [-0.39, 0.29) is 0 Å². The number of anilines is 2. The van der Waals surface area contributed by atoms with Crippen molar-refractivity contribution in [3.8, 4) is 0 Å². The van der Waals surface area contributed by atoms with E-state index in [1.54, 1.807) is 13.1 Å². The van der Waals surface area contributed by atoms with Gasteiger partial charge in [-0.2, -0.15) is 0 Å². The Balaban J connectivity index is 2.72. The molecule has 0 bridgehead atoms. The van der Waals surface area contributed by atoms with Gasteiger partial charge in [0, 0.05) is 26.7 Å². The van der Waals surface area contributed by atoms with Crippen molar-refractivity contribution in [3.05, 3.63) is 18.3 Å². The first-order chi connectivity index (χ1) is 8.99. The van der Waals surface area contributed by atoms with Gasteiger partial charge in [0.05, 0.1) is 17.8 Å². The van der Waals surface area contributed by atoms with Crippen LogP contribution in [0.5, 0.6) is 0 Å². The van der Waals surface area contributed by atoms with E-state index in [0.717, 1.165) is 24.6 Å². The SMILES string of the molecule is CCN(CC)c1ccc(N(C)CC(C)C(=O)O)cn1. The number of carboxylic acid groups (broad SMARTS) is 1. The molecule has 0 radical (unpaired) electrons. The minimum Gasteiger partial charge on any atom is -0.481 e. The number of rotatable bonds is 7. The molecule has 0 aliphatic carbocycles. The number of aliphatic carboxylic acids is 1. The fourth-order valence-corrected chi connectivity index (χ4v) is 1.93. The third-order valence-corrected chi connectivity index (χ3v) is 3.23. The summed E-state index contributed by atoms with van der Waals surface area (Å²) in [6, 6.07) is 3.96. The largest absolute Gasteiger partial charge is 0.481 e. The van der Waals surface area contributed by atoms with E-state index in [9.17, 15) is 4.79 Å². The molecule has 0 saturated carbocycles. The van der Waals surface area contributed by atoms with Crippen LogP contribution in [-0.4, -0.2) is 42.7 Å². The van der Waals surface area contributed by atoms with Gasteiger partial charge in [0.1, 0.15) is 5.82 Å². The Hall–Kier alpha value is -1.78. The van der Waals surface area contributed by atoms with Crippen molar-refractivity contribution < 1.29 is 9.90 Å². The van der Waals surface area contributed by atoms with Crippen molar-refractivity contribution in [2.24, 2.45) is 5.92 Å². The number of hydrogen-bond acceptors (Lipinski definition) is 4. The second kappa shape index (κ2) is 6.97. The molecule has 106 valence electrons. The van der Waals surface area contributed by atoms with E-state index in [1.807, 2.05) is 24.1 Å². The van der Waals surface area contributed by atoms with E-state index in [1.165, 1.54) is 0 Å². The van der Waals surface area contributed by atoms with Gasteiger partial charge < -0.3 is 14.9 Å². The zero-order valence-corrected chi connectivity index (χ0v) is 12.1. The first kappa shape index (κ1) is 15.3. The van der Waals surface area contributed by atoms with Crippen molar-refractivity contribution in [1.29, 1.82) is 0 Å². The fraction of sp³-hybridized carbons (Fsp3) is 0.571. The van der Waals surface area contributed by atoms with Crippen molar-refractivity contribution in [2.45, 2.75) is 20.8 Å². The number of aromatic nitrogens is 1. The van der Waals surface area contributed by atoms with Gasteiger partial charge in [-0.3, -0.25) is 4.79 Å². The van der Waals surface area contributed by atoms with Crippen molar-refractivity contribution in [2.75, 3.05) is 36.5 Å². The Morgan fingerprint density at radius 2 is 2.00 bits per heavy atom. The Labute approximate surface area is 114 Å². The zero-order chi connectivity index (χ0) is 14.4. The van der Waals surface area contributed by atoms with Gasteiger partial charge in [-0.15, -0.1) is 0 Å². The summed E-state index contributed by atoms with van der Waals surface area (Å²) in [4.78, 5) is 19.4. The molecular formula is C14H23N3O2. The summed E-state index contributed by atoms with van der Waals surface area (Å²) in [7, 11) is 1.88. The third-order valence-electron chi connectivity index (χ3n) is 3.23. The normalized spacial score (nSPS) is 12.0. The molecule has 1 atom stereocenters. The molecule has 0 fully saturated rings. The monoisotopic (exact) mass is 265 g/mol. The smallest absolute Gasteiger partial charge is 0.308 e. The van der Waals surface area contributed by atoms with Crippen LogP contribution in [0.1, 0.15) is 20.8 Å². The molecule has 1 unspecified atom stereocenters. The fourth-order valence-electron chi connectivity index (χ4n) is 1.93. The van der Waals surface area contributed by atoms with Gasteiger partial charge >= 0.3 is 5.97 Å². The molecule has 5 heteroatoms. The maximum absolute atomic E-state index is 10.8. The first-order valence-electron chi connectivity index (χ1n) is 6.64. The molecule has 1 heterocycles. The van der Waals surface area contributed by atoms with Gasteiger partial charge in [-0.1, -0.05) is 6.92 Å². The van der Waals surface area contributed by atoms with Gasteiger partial charge in [0.25, 0.3) is 0 Å². The van der Waals surface area contributed by atoms with Gasteiger partial charge in [0.15, 0.2) is 0 Å². The Morgan fingerprint density at radius 1 is 1.37 bits per heavy atom. The van der Waals surface area contributed by atoms with Gasteiger partial charge in [0.2, 0.25) is 0 Å². The summed E-state index contributed by atoms with van der Waals surface area (Å²) < 4.78 is 0. The van der Waals surface area contributed by atoms with Crippen LogP contribution in [0.2, 0.25) is 0 Å². The Morgan fingerprint density at radius 3 is 2.42 bits per heavy atom. The highest BCUT2D eigenvalue weighted by Gasteiger charge is 2.14. The maximum atomic E-state index is 10.8. The number of hydrogen-bond donors (Lipinski definition) is 1. The average Bonchev–Trinajstić information content (AvgIpc) is 2.40. The highest BCUT2D eigenvalue weighted by molar-refractivity contribution is 5.70. The number of carbonyl (C=O) groups is 1. The lowest BCUT2D eigenvalue weighted by Gasteiger charge is -2.23. The predicted molar refractivity (Wildman–Crippen MR) is 77.9 cm³/mol. The third kappa shape index (κ3) is 4.12. The van der Waals surface area contributed by atoms with E-state index < -0.39 is 11.9 Å². The molecule has 1 N–H and O–H groups in total. The van der Waals surface area contributed by atoms with E-state index >= 15 is 0 Å². The van der Waals surface area contributed by atoms with Crippen LogP contribution in [0.25, 0.3) is 0 Å². The van der Waals surface area contributed by atoms with Crippen molar-refractivity contribution in [1.82, 2.24) is 4.98 Å². The molecule has 0 aliphatic rings. The van der Waals surface area contributed by atoms with Crippen LogP contribution in [0.4, 0.5) is 11.5 Å². The molecule has 1 aromatic rings. The minimum absolute atomic E-state index is 0.396. The molecule has 0 amide bonds.